The van der Waals surface area contributed by atoms with Gasteiger partial charge in [-0.3, -0.25) is 4.79 Å². The van der Waals surface area contributed by atoms with E-state index in [2.05, 4.69) is 24.4 Å². The van der Waals surface area contributed by atoms with E-state index in [1.54, 1.807) is 24.3 Å². The molecule has 0 saturated heterocycles. The summed E-state index contributed by atoms with van der Waals surface area (Å²) in [6, 6.07) is 16.8. The third kappa shape index (κ3) is 3.46. The number of carbonyl (C=O) groups is 1. The standard InChI is InChI=1S/C17H16N2O/c1-13-4-2-3-5-15(13)10-11-19-17(20)16-8-6-14(12-18)7-9-16/h2-9H,10-11H2,1H3,(H,19,20). The smallest absolute Gasteiger partial charge is 0.251 e. The second kappa shape index (κ2) is 6.53. The summed E-state index contributed by atoms with van der Waals surface area (Å²) in [5.74, 6) is -0.108. The van der Waals surface area contributed by atoms with Crippen LogP contribution in [0.25, 0.3) is 0 Å². The number of hydrogen-bond acceptors (Lipinski definition) is 2. The maximum Gasteiger partial charge on any atom is 0.251 e. The summed E-state index contributed by atoms with van der Waals surface area (Å²) < 4.78 is 0. The number of nitrogens with one attached hydrogen (secondary N) is 1. The van der Waals surface area contributed by atoms with Gasteiger partial charge in [0.05, 0.1) is 11.6 Å². The Balaban J connectivity index is 1.89. The van der Waals surface area contributed by atoms with Crippen LogP contribution >= 0.6 is 0 Å². The summed E-state index contributed by atoms with van der Waals surface area (Å²) in [6.45, 7) is 2.67. The summed E-state index contributed by atoms with van der Waals surface area (Å²) in [5, 5.41) is 11.6. The number of amides is 1. The van der Waals surface area contributed by atoms with Crippen molar-refractivity contribution < 1.29 is 4.79 Å². The van der Waals surface area contributed by atoms with E-state index < -0.39 is 0 Å². The molecule has 0 fully saturated rings. The summed E-state index contributed by atoms with van der Waals surface area (Å²) in [7, 11) is 0. The van der Waals surface area contributed by atoms with E-state index in [0.717, 1.165) is 6.42 Å². The molecule has 0 aromatic heterocycles. The molecule has 100 valence electrons. The van der Waals surface area contributed by atoms with Gasteiger partial charge < -0.3 is 5.32 Å². The van der Waals surface area contributed by atoms with Crippen LogP contribution in [0.2, 0.25) is 0 Å². The summed E-state index contributed by atoms with van der Waals surface area (Å²) >= 11 is 0. The van der Waals surface area contributed by atoms with E-state index in [1.807, 2.05) is 18.2 Å². The van der Waals surface area contributed by atoms with Crippen LogP contribution in [-0.4, -0.2) is 12.5 Å². The highest BCUT2D eigenvalue weighted by molar-refractivity contribution is 5.94. The Morgan fingerprint density at radius 2 is 1.85 bits per heavy atom. The van der Waals surface area contributed by atoms with E-state index in [1.165, 1.54) is 11.1 Å². The molecule has 2 aromatic rings. The monoisotopic (exact) mass is 264 g/mol. The van der Waals surface area contributed by atoms with Crippen molar-refractivity contribution in [2.24, 2.45) is 0 Å². The van der Waals surface area contributed by atoms with E-state index in [9.17, 15) is 4.79 Å². The molecule has 20 heavy (non-hydrogen) atoms. The predicted molar refractivity (Wildman–Crippen MR) is 78.4 cm³/mol. The van der Waals surface area contributed by atoms with Crippen LogP contribution in [0.15, 0.2) is 48.5 Å². The number of hydrogen-bond donors (Lipinski definition) is 1. The van der Waals surface area contributed by atoms with Crippen molar-refractivity contribution in [3.63, 3.8) is 0 Å². The first-order valence-electron chi connectivity index (χ1n) is 6.53. The van der Waals surface area contributed by atoms with Crippen molar-refractivity contribution in [1.82, 2.24) is 5.32 Å². The zero-order valence-electron chi connectivity index (χ0n) is 11.4. The Hall–Kier alpha value is -2.60. The Kier molecular flexibility index (Phi) is 4.52. The fraction of sp³-hybridized carbons (Fsp3) is 0.176. The Labute approximate surface area is 118 Å². The molecule has 2 aromatic carbocycles. The number of rotatable bonds is 4. The Morgan fingerprint density at radius 1 is 1.15 bits per heavy atom. The molecule has 0 bridgehead atoms. The van der Waals surface area contributed by atoms with Gasteiger partial charge in [0.25, 0.3) is 5.91 Å². The largest absolute Gasteiger partial charge is 0.352 e. The van der Waals surface area contributed by atoms with Crippen LogP contribution in [0.3, 0.4) is 0 Å². The highest BCUT2D eigenvalue weighted by Crippen LogP contribution is 2.07. The van der Waals surface area contributed by atoms with Crippen LogP contribution in [0, 0.1) is 18.3 Å². The fourth-order valence-electron chi connectivity index (χ4n) is 2.00. The van der Waals surface area contributed by atoms with Crippen molar-refractivity contribution in [1.29, 1.82) is 5.26 Å². The lowest BCUT2D eigenvalue weighted by molar-refractivity contribution is 0.0954. The minimum atomic E-state index is -0.108. The molecule has 0 heterocycles. The average Bonchev–Trinajstić information content (AvgIpc) is 2.49. The van der Waals surface area contributed by atoms with Crippen molar-refractivity contribution >= 4 is 5.91 Å². The normalized spacial score (nSPS) is 9.80. The predicted octanol–water partition coefficient (Wildman–Crippen LogP) is 2.84. The molecule has 0 aliphatic carbocycles. The van der Waals surface area contributed by atoms with Gasteiger partial charge in [-0.15, -0.1) is 0 Å². The van der Waals surface area contributed by atoms with Gasteiger partial charge >= 0.3 is 0 Å². The number of benzene rings is 2. The molecule has 0 radical (unpaired) electrons. The van der Waals surface area contributed by atoms with Crippen LogP contribution in [0.5, 0.6) is 0 Å². The fourth-order valence-corrected chi connectivity index (χ4v) is 2.00. The van der Waals surface area contributed by atoms with E-state index >= 15 is 0 Å². The first-order valence-corrected chi connectivity index (χ1v) is 6.53. The van der Waals surface area contributed by atoms with E-state index in [4.69, 9.17) is 5.26 Å². The van der Waals surface area contributed by atoms with Gasteiger partial charge in [-0.05, 0) is 48.7 Å². The number of carbonyl (C=O) groups excluding carboxylic acids is 1. The van der Waals surface area contributed by atoms with Gasteiger partial charge in [-0.25, -0.2) is 0 Å². The lowest BCUT2D eigenvalue weighted by atomic mass is 10.1. The highest BCUT2D eigenvalue weighted by Gasteiger charge is 2.05. The van der Waals surface area contributed by atoms with Crippen molar-refractivity contribution in [2.45, 2.75) is 13.3 Å². The van der Waals surface area contributed by atoms with Gasteiger partial charge in [-0.1, -0.05) is 24.3 Å². The zero-order valence-corrected chi connectivity index (χ0v) is 11.4. The van der Waals surface area contributed by atoms with E-state index in [0.29, 0.717) is 17.7 Å². The molecule has 3 nitrogen and oxygen atoms in total. The number of aryl methyl sites for hydroxylation is 1. The highest BCUT2D eigenvalue weighted by atomic mass is 16.1. The minimum Gasteiger partial charge on any atom is -0.352 e. The number of nitrogens with zero attached hydrogens (tertiary/aromatic N) is 1. The maximum atomic E-state index is 11.9. The summed E-state index contributed by atoms with van der Waals surface area (Å²) in [6.07, 6.45) is 0.814. The van der Waals surface area contributed by atoms with Gasteiger partial charge in [0.2, 0.25) is 0 Å². The lowest BCUT2D eigenvalue weighted by Gasteiger charge is -2.07. The van der Waals surface area contributed by atoms with Crippen molar-refractivity contribution in [3.05, 3.63) is 70.8 Å². The Bertz CT molecular complexity index is 639. The second-order valence-electron chi connectivity index (χ2n) is 4.62. The Morgan fingerprint density at radius 3 is 2.50 bits per heavy atom. The molecule has 0 saturated carbocycles. The maximum absolute atomic E-state index is 11.9. The minimum absolute atomic E-state index is 0.108. The SMILES string of the molecule is Cc1ccccc1CCNC(=O)c1ccc(C#N)cc1. The topological polar surface area (TPSA) is 52.9 Å². The molecule has 0 aliphatic rings. The van der Waals surface area contributed by atoms with Crippen LogP contribution in [0.4, 0.5) is 0 Å². The molecular weight excluding hydrogens is 248 g/mol. The third-order valence-corrected chi connectivity index (χ3v) is 3.22. The molecule has 2 rings (SSSR count). The lowest BCUT2D eigenvalue weighted by Crippen LogP contribution is -2.25. The molecule has 0 spiro atoms. The van der Waals surface area contributed by atoms with Gasteiger partial charge in [0, 0.05) is 12.1 Å². The molecule has 1 amide bonds. The summed E-state index contributed by atoms with van der Waals surface area (Å²) in [5.41, 5.74) is 3.61. The van der Waals surface area contributed by atoms with Gasteiger partial charge in [0.1, 0.15) is 0 Å². The molecule has 0 unspecified atom stereocenters. The van der Waals surface area contributed by atoms with Crippen LogP contribution in [-0.2, 0) is 6.42 Å². The van der Waals surface area contributed by atoms with Crippen LogP contribution < -0.4 is 5.32 Å². The average molecular weight is 264 g/mol. The molecule has 0 aliphatic heterocycles. The number of nitriles is 1. The summed E-state index contributed by atoms with van der Waals surface area (Å²) in [4.78, 5) is 11.9. The molecular formula is C17H16N2O. The van der Waals surface area contributed by atoms with E-state index in [-0.39, 0.29) is 5.91 Å². The van der Waals surface area contributed by atoms with Crippen molar-refractivity contribution in [3.8, 4) is 6.07 Å². The molecule has 1 N–H and O–H groups in total. The first-order chi connectivity index (χ1) is 9.70. The third-order valence-electron chi connectivity index (χ3n) is 3.22. The molecule has 3 heteroatoms. The second-order valence-corrected chi connectivity index (χ2v) is 4.62. The van der Waals surface area contributed by atoms with Gasteiger partial charge in [-0.2, -0.15) is 5.26 Å². The van der Waals surface area contributed by atoms with Crippen molar-refractivity contribution in [2.75, 3.05) is 6.54 Å². The van der Waals surface area contributed by atoms with Crippen LogP contribution in [0.1, 0.15) is 27.0 Å². The first kappa shape index (κ1) is 13.8. The zero-order chi connectivity index (χ0) is 14.4. The van der Waals surface area contributed by atoms with Gasteiger partial charge in [0.15, 0.2) is 0 Å². The quantitative estimate of drug-likeness (QED) is 0.923. The molecule has 0 atom stereocenters.